The van der Waals surface area contributed by atoms with Gasteiger partial charge in [-0.1, -0.05) is 24.3 Å². The number of fused-ring (bicyclic) bond motifs is 3. The van der Waals surface area contributed by atoms with Crippen molar-refractivity contribution in [3.8, 4) is 16.9 Å². The predicted molar refractivity (Wildman–Crippen MR) is 119 cm³/mol. The fourth-order valence-electron chi connectivity index (χ4n) is 5.00. The van der Waals surface area contributed by atoms with Gasteiger partial charge in [0.05, 0.1) is 25.8 Å². The summed E-state index contributed by atoms with van der Waals surface area (Å²) in [4.78, 5) is 19.3. The summed E-state index contributed by atoms with van der Waals surface area (Å²) in [6.07, 6.45) is 4.14. The number of aromatic nitrogens is 1. The van der Waals surface area contributed by atoms with Crippen molar-refractivity contribution < 1.29 is 14.6 Å². The molecule has 3 atom stereocenters. The van der Waals surface area contributed by atoms with E-state index in [1.165, 1.54) is 0 Å². The molecule has 2 aliphatic rings. The Labute approximate surface area is 181 Å². The predicted octanol–water partition coefficient (Wildman–Crippen LogP) is 3.75. The third kappa shape index (κ3) is 3.33. The van der Waals surface area contributed by atoms with E-state index >= 15 is 0 Å². The molecule has 3 heterocycles. The average molecular weight is 415 g/mol. The van der Waals surface area contributed by atoms with E-state index in [9.17, 15) is 9.90 Å². The van der Waals surface area contributed by atoms with Crippen molar-refractivity contribution in [1.82, 2.24) is 9.88 Å². The Hall–Kier alpha value is -3.38. The molecule has 2 aliphatic heterocycles. The van der Waals surface area contributed by atoms with Crippen LogP contribution in [0.15, 0.2) is 67.0 Å². The molecule has 1 aromatic heterocycles. The zero-order valence-electron chi connectivity index (χ0n) is 17.4. The molecular formula is C25H25N3O3. The third-order valence-electron chi connectivity index (χ3n) is 6.48. The van der Waals surface area contributed by atoms with Crippen LogP contribution in [0.5, 0.6) is 5.75 Å². The largest absolute Gasteiger partial charge is 0.496 e. The van der Waals surface area contributed by atoms with E-state index in [0.29, 0.717) is 12.1 Å². The fourth-order valence-corrected chi connectivity index (χ4v) is 5.00. The van der Waals surface area contributed by atoms with Gasteiger partial charge in [-0.2, -0.15) is 0 Å². The third-order valence-corrected chi connectivity index (χ3v) is 6.48. The van der Waals surface area contributed by atoms with E-state index < -0.39 is 0 Å². The quantitative estimate of drug-likeness (QED) is 0.679. The highest BCUT2D eigenvalue weighted by atomic mass is 16.5. The van der Waals surface area contributed by atoms with Crippen molar-refractivity contribution in [3.05, 3.63) is 78.1 Å². The molecule has 2 aromatic carbocycles. The number of likely N-dealkylation sites (tertiary alicyclic amines) is 1. The Morgan fingerprint density at radius 2 is 2.00 bits per heavy atom. The molecule has 0 saturated carbocycles. The number of amides is 1. The number of aliphatic hydroxyl groups excluding tert-OH is 1. The number of rotatable bonds is 4. The van der Waals surface area contributed by atoms with E-state index in [1.807, 2.05) is 35.2 Å². The maximum atomic E-state index is 13.4. The van der Waals surface area contributed by atoms with Crippen molar-refractivity contribution in [2.45, 2.75) is 18.5 Å². The van der Waals surface area contributed by atoms with Gasteiger partial charge in [-0.05, 0) is 47.9 Å². The number of benzene rings is 2. The molecule has 0 bridgehead atoms. The highest BCUT2D eigenvalue weighted by Crippen LogP contribution is 2.48. The standard InChI is InChI=1S/C25H25N3O3/c1-31-23-5-3-2-4-18(23)17-6-7-21-20(14-17)24-19(22(15-29)27-21)10-13-28(24)25(30)16-8-11-26-12-9-16/h2-9,11-12,14,19,22,24,27,29H,10,13,15H2,1H3/t19-,22+,24-/m0/s1. The minimum Gasteiger partial charge on any atom is -0.496 e. The van der Waals surface area contributed by atoms with Crippen LogP contribution in [-0.4, -0.2) is 47.2 Å². The molecule has 1 amide bonds. The number of aliphatic hydroxyl groups is 1. The van der Waals surface area contributed by atoms with Crippen LogP contribution in [0.4, 0.5) is 5.69 Å². The minimum absolute atomic E-state index is 0.00198. The number of anilines is 1. The van der Waals surface area contributed by atoms with E-state index in [0.717, 1.165) is 34.5 Å². The Kier molecular flexibility index (Phi) is 5.08. The molecule has 1 saturated heterocycles. The second-order valence-corrected chi connectivity index (χ2v) is 8.07. The number of hydrogen-bond donors (Lipinski definition) is 2. The number of carbonyl (C=O) groups excluding carboxylic acids is 1. The molecule has 6 nitrogen and oxygen atoms in total. The van der Waals surface area contributed by atoms with Crippen LogP contribution in [0, 0.1) is 5.92 Å². The lowest BCUT2D eigenvalue weighted by Crippen LogP contribution is -2.42. The summed E-state index contributed by atoms with van der Waals surface area (Å²) < 4.78 is 5.56. The molecular weight excluding hydrogens is 390 g/mol. The lowest BCUT2D eigenvalue weighted by Gasteiger charge is -2.39. The van der Waals surface area contributed by atoms with Crippen molar-refractivity contribution in [3.63, 3.8) is 0 Å². The van der Waals surface area contributed by atoms with Crippen LogP contribution in [0.25, 0.3) is 11.1 Å². The van der Waals surface area contributed by atoms with Crippen LogP contribution in [-0.2, 0) is 0 Å². The van der Waals surface area contributed by atoms with Crippen LogP contribution in [0.1, 0.15) is 28.4 Å². The SMILES string of the molecule is COc1ccccc1-c1ccc2c(c1)[C@@H]1[C@@H](CCN1C(=O)c1ccncc1)[C@@H](CO)N2. The summed E-state index contributed by atoms with van der Waals surface area (Å²) in [5.74, 6) is 0.963. The zero-order valence-corrected chi connectivity index (χ0v) is 17.4. The number of ether oxygens (including phenoxy) is 1. The molecule has 1 fully saturated rings. The van der Waals surface area contributed by atoms with Crippen LogP contribution in [0.2, 0.25) is 0 Å². The van der Waals surface area contributed by atoms with E-state index in [2.05, 4.69) is 22.4 Å². The Bertz CT molecular complexity index is 1100. The number of hydrogen-bond acceptors (Lipinski definition) is 5. The van der Waals surface area contributed by atoms with Crippen molar-refractivity contribution in [2.24, 2.45) is 5.92 Å². The number of methoxy groups -OCH3 is 1. The summed E-state index contributed by atoms with van der Waals surface area (Å²) >= 11 is 0. The monoisotopic (exact) mass is 415 g/mol. The van der Waals surface area contributed by atoms with Gasteiger partial charge in [0.15, 0.2) is 0 Å². The number of pyridine rings is 1. The van der Waals surface area contributed by atoms with Crippen molar-refractivity contribution in [1.29, 1.82) is 0 Å². The van der Waals surface area contributed by atoms with Gasteiger partial charge in [0.1, 0.15) is 5.75 Å². The number of nitrogens with one attached hydrogen (secondary N) is 1. The fraction of sp³-hybridized carbons (Fsp3) is 0.280. The summed E-state index contributed by atoms with van der Waals surface area (Å²) in [5, 5.41) is 13.5. The summed E-state index contributed by atoms with van der Waals surface area (Å²) in [5.41, 5.74) is 4.74. The molecule has 2 N–H and O–H groups in total. The Morgan fingerprint density at radius 1 is 1.19 bits per heavy atom. The highest BCUT2D eigenvalue weighted by molar-refractivity contribution is 5.95. The molecule has 31 heavy (non-hydrogen) atoms. The number of para-hydroxylation sites is 1. The first-order valence-corrected chi connectivity index (χ1v) is 10.6. The van der Waals surface area contributed by atoms with Crippen molar-refractivity contribution in [2.75, 3.05) is 25.6 Å². The van der Waals surface area contributed by atoms with Gasteiger partial charge in [-0.15, -0.1) is 0 Å². The molecule has 0 spiro atoms. The van der Waals surface area contributed by atoms with E-state index in [1.54, 1.807) is 31.6 Å². The van der Waals surface area contributed by atoms with Gasteiger partial charge in [-0.25, -0.2) is 0 Å². The van der Waals surface area contributed by atoms with Crippen LogP contribution in [0.3, 0.4) is 0 Å². The van der Waals surface area contributed by atoms with Crippen LogP contribution >= 0.6 is 0 Å². The zero-order chi connectivity index (χ0) is 21.4. The lowest BCUT2D eigenvalue weighted by atomic mass is 9.82. The number of carbonyl (C=O) groups is 1. The summed E-state index contributed by atoms with van der Waals surface area (Å²) in [7, 11) is 1.67. The molecule has 0 radical (unpaired) electrons. The van der Waals surface area contributed by atoms with Gasteiger partial charge in [0.2, 0.25) is 0 Å². The van der Waals surface area contributed by atoms with Gasteiger partial charge in [0.25, 0.3) is 5.91 Å². The van der Waals surface area contributed by atoms with Crippen LogP contribution < -0.4 is 10.1 Å². The van der Waals surface area contributed by atoms with E-state index in [4.69, 9.17) is 4.74 Å². The van der Waals surface area contributed by atoms with Gasteiger partial charge in [-0.3, -0.25) is 9.78 Å². The lowest BCUT2D eigenvalue weighted by molar-refractivity contribution is 0.0701. The normalized spacial score (nSPS) is 21.7. The second kappa shape index (κ2) is 8.04. The molecule has 3 aromatic rings. The van der Waals surface area contributed by atoms with Gasteiger partial charge >= 0.3 is 0 Å². The Balaban J connectivity index is 1.59. The summed E-state index contributed by atoms with van der Waals surface area (Å²) in [6.45, 7) is 0.694. The molecule has 5 rings (SSSR count). The molecule has 0 aliphatic carbocycles. The van der Waals surface area contributed by atoms with Gasteiger partial charge < -0.3 is 20.1 Å². The topological polar surface area (TPSA) is 74.7 Å². The first-order valence-electron chi connectivity index (χ1n) is 10.6. The Morgan fingerprint density at radius 3 is 2.77 bits per heavy atom. The first-order chi connectivity index (χ1) is 15.2. The maximum Gasteiger partial charge on any atom is 0.254 e. The smallest absolute Gasteiger partial charge is 0.254 e. The second-order valence-electron chi connectivity index (χ2n) is 8.07. The van der Waals surface area contributed by atoms with Gasteiger partial charge in [0, 0.05) is 41.7 Å². The maximum absolute atomic E-state index is 13.4. The molecule has 6 heteroatoms. The van der Waals surface area contributed by atoms with E-state index in [-0.39, 0.29) is 30.5 Å². The summed E-state index contributed by atoms with van der Waals surface area (Å²) in [6, 6.07) is 17.5. The highest BCUT2D eigenvalue weighted by Gasteiger charge is 2.45. The first kappa shape index (κ1) is 19.6. The average Bonchev–Trinajstić information content (AvgIpc) is 3.29. The number of nitrogens with zero attached hydrogens (tertiary/aromatic N) is 2. The molecule has 0 unspecified atom stereocenters. The minimum atomic E-state index is -0.0938. The molecule has 158 valence electrons. The van der Waals surface area contributed by atoms with Crippen molar-refractivity contribution >= 4 is 11.6 Å².